The predicted octanol–water partition coefficient (Wildman–Crippen LogP) is 7.02. The van der Waals surface area contributed by atoms with Gasteiger partial charge in [0, 0.05) is 12.8 Å². The van der Waals surface area contributed by atoms with Crippen molar-refractivity contribution in [1.82, 2.24) is 10.6 Å². The summed E-state index contributed by atoms with van der Waals surface area (Å²) >= 11 is 0. The van der Waals surface area contributed by atoms with Gasteiger partial charge in [0.1, 0.15) is 6.17 Å². The van der Waals surface area contributed by atoms with E-state index in [9.17, 15) is 9.59 Å². The molecule has 0 rings (SSSR count). The minimum atomic E-state index is -0.224. The van der Waals surface area contributed by atoms with Crippen LogP contribution in [0.25, 0.3) is 0 Å². The lowest BCUT2D eigenvalue weighted by Gasteiger charge is -2.18. The second-order valence-electron chi connectivity index (χ2n) is 8.55. The van der Waals surface area contributed by atoms with Crippen LogP contribution in [0.4, 0.5) is 0 Å². The molecule has 0 saturated heterocycles. The van der Waals surface area contributed by atoms with E-state index in [4.69, 9.17) is 0 Å². The Morgan fingerprint density at radius 1 is 0.517 bits per heavy atom. The highest BCUT2D eigenvalue weighted by Gasteiger charge is 2.12. The molecule has 0 aromatic carbocycles. The summed E-state index contributed by atoms with van der Waals surface area (Å²) in [7, 11) is 0. The molecular weight excluding hydrogens is 360 g/mol. The molecule has 0 bridgehead atoms. The lowest BCUT2D eigenvalue weighted by molar-refractivity contribution is -0.124. The Kier molecular flexibility index (Phi) is 20.9. The van der Waals surface area contributed by atoms with Crippen molar-refractivity contribution in [3.05, 3.63) is 0 Å². The minimum Gasteiger partial charge on any atom is -0.336 e. The summed E-state index contributed by atoms with van der Waals surface area (Å²) in [6, 6.07) is 0. The van der Waals surface area contributed by atoms with Crippen molar-refractivity contribution < 1.29 is 9.59 Å². The summed E-state index contributed by atoms with van der Waals surface area (Å²) in [5.74, 6) is 0.130. The minimum absolute atomic E-state index is 0.0650. The Hall–Kier alpha value is -1.06. The van der Waals surface area contributed by atoms with Gasteiger partial charge in [0.05, 0.1) is 0 Å². The Morgan fingerprint density at radius 2 is 0.828 bits per heavy atom. The SMILES string of the molecule is CCCCCCCCCCC(=O)NC(CC)NC(=O)CCCCCCCCCC. The van der Waals surface area contributed by atoms with Gasteiger partial charge in [-0.2, -0.15) is 0 Å². The second kappa shape index (κ2) is 21.6. The third-order valence-electron chi connectivity index (χ3n) is 5.59. The van der Waals surface area contributed by atoms with Crippen LogP contribution in [0.3, 0.4) is 0 Å². The molecule has 0 heterocycles. The molecule has 0 atom stereocenters. The number of unbranched alkanes of at least 4 members (excludes halogenated alkanes) is 14. The van der Waals surface area contributed by atoms with Crippen LogP contribution >= 0.6 is 0 Å². The predicted molar refractivity (Wildman–Crippen MR) is 125 cm³/mol. The van der Waals surface area contributed by atoms with Gasteiger partial charge in [-0.05, 0) is 19.3 Å². The molecule has 0 unspecified atom stereocenters. The second-order valence-corrected chi connectivity index (χ2v) is 8.55. The van der Waals surface area contributed by atoms with Crippen LogP contribution in [0.2, 0.25) is 0 Å². The molecule has 172 valence electrons. The molecule has 0 radical (unpaired) electrons. The topological polar surface area (TPSA) is 58.2 Å². The largest absolute Gasteiger partial charge is 0.336 e. The molecule has 29 heavy (non-hydrogen) atoms. The fourth-order valence-corrected chi connectivity index (χ4v) is 3.61. The molecule has 0 aliphatic carbocycles. The molecule has 0 spiro atoms. The lowest BCUT2D eigenvalue weighted by Crippen LogP contribution is -2.47. The molecule has 0 aromatic heterocycles. The first-order valence-electron chi connectivity index (χ1n) is 12.7. The van der Waals surface area contributed by atoms with Gasteiger partial charge in [-0.15, -0.1) is 0 Å². The van der Waals surface area contributed by atoms with Gasteiger partial charge in [-0.1, -0.05) is 111 Å². The first kappa shape index (κ1) is 27.9. The van der Waals surface area contributed by atoms with Crippen molar-refractivity contribution >= 4 is 11.8 Å². The van der Waals surface area contributed by atoms with Crippen LogP contribution in [-0.4, -0.2) is 18.0 Å². The van der Waals surface area contributed by atoms with Crippen molar-refractivity contribution in [3.8, 4) is 0 Å². The summed E-state index contributed by atoms with van der Waals surface area (Å²) in [5.41, 5.74) is 0. The molecule has 4 nitrogen and oxygen atoms in total. The number of hydrogen-bond donors (Lipinski definition) is 2. The highest BCUT2D eigenvalue weighted by atomic mass is 16.2. The van der Waals surface area contributed by atoms with Crippen molar-refractivity contribution in [2.75, 3.05) is 0 Å². The molecule has 0 aromatic rings. The van der Waals surface area contributed by atoms with Gasteiger partial charge in [-0.3, -0.25) is 9.59 Å². The van der Waals surface area contributed by atoms with E-state index in [1.165, 1.54) is 77.0 Å². The zero-order valence-electron chi connectivity index (χ0n) is 19.8. The third-order valence-corrected chi connectivity index (χ3v) is 5.59. The highest BCUT2D eigenvalue weighted by Crippen LogP contribution is 2.10. The summed E-state index contributed by atoms with van der Waals surface area (Å²) < 4.78 is 0. The van der Waals surface area contributed by atoms with E-state index in [2.05, 4.69) is 24.5 Å². The van der Waals surface area contributed by atoms with Crippen LogP contribution in [-0.2, 0) is 9.59 Å². The number of rotatable bonds is 21. The number of carbonyl (C=O) groups excluding carboxylic acids is 2. The maximum absolute atomic E-state index is 12.1. The van der Waals surface area contributed by atoms with Gasteiger partial charge in [0.25, 0.3) is 0 Å². The van der Waals surface area contributed by atoms with E-state index in [0.29, 0.717) is 12.8 Å². The van der Waals surface area contributed by atoms with Gasteiger partial charge in [0.15, 0.2) is 0 Å². The van der Waals surface area contributed by atoms with Gasteiger partial charge in [0.2, 0.25) is 11.8 Å². The van der Waals surface area contributed by atoms with E-state index in [1.807, 2.05) is 6.92 Å². The molecule has 0 fully saturated rings. The Morgan fingerprint density at radius 3 is 1.14 bits per heavy atom. The van der Waals surface area contributed by atoms with Crippen LogP contribution < -0.4 is 10.6 Å². The van der Waals surface area contributed by atoms with Crippen molar-refractivity contribution in [3.63, 3.8) is 0 Å². The number of amides is 2. The Balaban J connectivity index is 3.67. The Labute approximate surface area is 181 Å². The van der Waals surface area contributed by atoms with Crippen molar-refractivity contribution in [1.29, 1.82) is 0 Å². The first-order chi connectivity index (χ1) is 14.1. The molecule has 0 aliphatic rings. The van der Waals surface area contributed by atoms with E-state index in [0.717, 1.165) is 32.1 Å². The summed E-state index contributed by atoms with van der Waals surface area (Å²) in [4.78, 5) is 24.2. The highest BCUT2D eigenvalue weighted by molar-refractivity contribution is 5.79. The fourth-order valence-electron chi connectivity index (χ4n) is 3.61. The van der Waals surface area contributed by atoms with Crippen LogP contribution in [0, 0.1) is 0 Å². The lowest BCUT2D eigenvalue weighted by atomic mass is 10.1. The molecular formula is C25H50N2O2. The van der Waals surface area contributed by atoms with Crippen LogP contribution in [0.5, 0.6) is 0 Å². The number of carbonyl (C=O) groups is 2. The number of hydrogen-bond acceptors (Lipinski definition) is 2. The zero-order chi connectivity index (χ0) is 21.6. The smallest absolute Gasteiger partial charge is 0.221 e. The molecule has 4 heteroatoms. The first-order valence-corrected chi connectivity index (χ1v) is 12.7. The molecule has 2 amide bonds. The van der Waals surface area contributed by atoms with E-state index in [-0.39, 0.29) is 18.0 Å². The third kappa shape index (κ3) is 20.0. The summed E-state index contributed by atoms with van der Waals surface area (Å²) in [6.07, 6.45) is 21.4. The van der Waals surface area contributed by atoms with Gasteiger partial charge >= 0.3 is 0 Å². The standard InChI is InChI=1S/C25H50N2O2/c1-4-7-9-11-13-15-17-19-21-24(28)26-23(6-3)27-25(29)22-20-18-16-14-12-10-8-5-2/h23H,4-22H2,1-3H3,(H,26,28)(H,27,29). The van der Waals surface area contributed by atoms with Gasteiger partial charge in [-0.25, -0.2) is 0 Å². The van der Waals surface area contributed by atoms with E-state index >= 15 is 0 Å². The molecule has 0 aliphatic heterocycles. The molecule has 2 N–H and O–H groups in total. The van der Waals surface area contributed by atoms with Crippen molar-refractivity contribution in [2.45, 2.75) is 149 Å². The van der Waals surface area contributed by atoms with E-state index < -0.39 is 0 Å². The quantitative estimate of drug-likeness (QED) is 0.158. The summed E-state index contributed by atoms with van der Waals surface area (Å²) in [5, 5.41) is 5.95. The number of nitrogens with one attached hydrogen (secondary N) is 2. The summed E-state index contributed by atoms with van der Waals surface area (Å²) in [6.45, 7) is 6.47. The maximum Gasteiger partial charge on any atom is 0.221 e. The Bertz CT molecular complexity index is 351. The van der Waals surface area contributed by atoms with Crippen LogP contribution in [0.15, 0.2) is 0 Å². The van der Waals surface area contributed by atoms with E-state index in [1.54, 1.807) is 0 Å². The van der Waals surface area contributed by atoms with Gasteiger partial charge < -0.3 is 10.6 Å². The zero-order valence-corrected chi connectivity index (χ0v) is 19.8. The average molecular weight is 411 g/mol. The fraction of sp³-hybridized carbons (Fsp3) is 0.920. The van der Waals surface area contributed by atoms with Crippen LogP contribution in [0.1, 0.15) is 143 Å². The normalized spacial score (nSPS) is 11.0. The van der Waals surface area contributed by atoms with Crippen molar-refractivity contribution in [2.24, 2.45) is 0 Å². The average Bonchev–Trinajstić information content (AvgIpc) is 2.71. The monoisotopic (exact) mass is 410 g/mol. The maximum atomic E-state index is 12.1. The molecule has 0 saturated carbocycles.